The maximum atomic E-state index is 13.4. The molecule has 0 saturated carbocycles. The van der Waals surface area contributed by atoms with Gasteiger partial charge in [0.05, 0.1) is 5.75 Å². The number of carbonyl (C=O) groups excluding carboxylic acids is 1. The minimum Gasteiger partial charge on any atom is -0.335 e. The molecule has 0 saturated heterocycles. The Bertz CT molecular complexity index is 976. The predicted octanol–water partition coefficient (Wildman–Crippen LogP) is 4.37. The minimum absolute atomic E-state index is 0.0512. The number of aromatic nitrogens is 3. The zero-order chi connectivity index (χ0) is 20.6. The van der Waals surface area contributed by atoms with Crippen molar-refractivity contribution in [1.29, 1.82) is 0 Å². The van der Waals surface area contributed by atoms with Crippen molar-refractivity contribution in [1.82, 2.24) is 19.7 Å². The molecule has 0 aliphatic carbocycles. The predicted molar refractivity (Wildman–Crippen MR) is 114 cm³/mol. The lowest BCUT2D eigenvalue weighted by atomic mass is 10.2. The summed E-state index contributed by atoms with van der Waals surface area (Å²) in [6.45, 7) is 8.28. The molecule has 0 atom stereocenters. The Kier molecular flexibility index (Phi) is 6.97. The molecule has 1 heterocycles. The average molecular weight is 409 g/mol. The summed E-state index contributed by atoms with van der Waals surface area (Å²) in [5.41, 5.74) is 1.60. The fourth-order valence-corrected chi connectivity index (χ4v) is 3.62. The molecular formula is C22H21FN4OS. The molecule has 0 aliphatic rings. The molecule has 1 amide bonds. The van der Waals surface area contributed by atoms with E-state index in [0.29, 0.717) is 24.1 Å². The third-order valence-corrected chi connectivity index (χ3v) is 5.04. The minimum atomic E-state index is -0.322. The van der Waals surface area contributed by atoms with Crippen LogP contribution < -0.4 is 0 Å². The lowest BCUT2D eigenvalue weighted by Gasteiger charge is -2.19. The number of hydrogen-bond donors (Lipinski definition) is 0. The van der Waals surface area contributed by atoms with Crippen molar-refractivity contribution >= 4 is 17.7 Å². The van der Waals surface area contributed by atoms with Gasteiger partial charge in [0.15, 0.2) is 11.0 Å². The highest BCUT2D eigenvalue weighted by atomic mass is 32.2. The molecule has 2 aromatic carbocycles. The molecule has 0 fully saturated rings. The van der Waals surface area contributed by atoms with Crippen LogP contribution in [0.3, 0.4) is 0 Å². The van der Waals surface area contributed by atoms with Crippen LogP contribution in [0.4, 0.5) is 4.39 Å². The van der Waals surface area contributed by atoms with Crippen molar-refractivity contribution < 1.29 is 9.18 Å². The van der Waals surface area contributed by atoms with Crippen LogP contribution in [0, 0.1) is 5.82 Å². The highest BCUT2D eigenvalue weighted by molar-refractivity contribution is 7.99. The highest BCUT2D eigenvalue weighted by Gasteiger charge is 2.19. The van der Waals surface area contributed by atoms with Crippen molar-refractivity contribution in [3.8, 4) is 17.1 Å². The Labute approximate surface area is 173 Å². The average Bonchev–Trinajstić information content (AvgIpc) is 3.17. The van der Waals surface area contributed by atoms with Crippen molar-refractivity contribution in [2.45, 2.75) is 5.16 Å². The molecule has 0 spiro atoms. The van der Waals surface area contributed by atoms with E-state index in [-0.39, 0.29) is 17.5 Å². The summed E-state index contributed by atoms with van der Waals surface area (Å²) in [6, 6.07) is 15.7. The van der Waals surface area contributed by atoms with Crippen molar-refractivity contribution in [3.63, 3.8) is 0 Å². The van der Waals surface area contributed by atoms with E-state index in [9.17, 15) is 9.18 Å². The van der Waals surface area contributed by atoms with Gasteiger partial charge in [-0.1, -0.05) is 54.2 Å². The third-order valence-electron chi connectivity index (χ3n) is 4.13. The fourth-order valence-electron chi connectivity index (χ4n) is 2.77. The van der Waals surface area contributed by atoms with Crippen LogP contribution in [-0.4, -0.2) is 44.4 Å². The molecule has 1 aromatic heterocycles. The number of halogens is 1. The molecule has 7 heteroatoms. The monoisotopic (exact) mass is 408 g/mol. The number of hydrogen-bond acceptors (Lipinski definition) is 4. The summed E-state index contributed by atoms with van der Waals surface area (Å²) in [5, 5.41) is 9.16. The van der Waals surface area contributed by atoms with Crippen molar-refractivity contribution in [2.24, 2.45) is 0 Å². The quantitative estimate of drug-likeness (QED) is 0.390. The van der Waals surface area contributed by atoms with Crippen molar-refractivity contribution in [2.75, 3.05) is 18.8 Å². The fraction of sp³-hybridized carbons (Fsp3) is 0.136. The van der Waals surface area contributed by atoms with Gasteiger partial charge in [-0.3, -0.25) is 9.36 Å². The molecule has 0 N–H and O–H groups in total. The zero-order valence-corrected chi connectivity index (χ0v) is 16.7. The molecule has 0 radical (unpaired) electrons. The summed E-state index contributed by atoms with van der Waals surface area (Å²) in [5.74, 6) is 0.443. The molecule has 5 nitrogen and oxygen atoms in total. The van der Waals surface area contributed by atoms with E-state index in [0.717, 1.165) is 11.3 Å². The second kappa shape index (κ2) is 9.84. The Hall–Kier alpha value is -3.19. The van der Waals surface area contributed by atoms with Crippen LogP contribution in [0.5, 0.6) is 0 Å². The number of rotatable bonds is 9. The van der Waals surface area contributed by atoms with E-state index < -0.39 is 0 Å². The summed E-state index contributed by atoms with van der Waals surface area (Å²) in [6.07, 6.45) is 3.36. The first-order valence-electron chi connectivity index (χ1n) is 9.03. The van der Waals surface area contributed by atoms with Gasteiger partial charge in [0, 0.05) is 24.3 Å². The highest BCUT2D eigenvalue weighted by Crippen LogP contribution is 2.28. The van der Waals surface area contributed by atoms with Gasteiger partial charge in [-0.2, -0.15) is 0 Å². The Morgan fingerprint density at radius 1 is 1.03 bits per heavy atom. The molecular weight excluding hydrogens is 387 g/mol. The Morgan fingerprint density at radius 2 is 1.69 bits per heavy atom. The summed E-state index contributed by atoms with van der Waals surface area (Å²) < 4.78 is 15.3. The van der Waals surface area contributed by atoms with Crippen LogP contribution in [0.2, 0.25) is 0 Å². The van der Waals surface area contributed by atoms with Crippen LogP contribution in [0.1, 0.15) is 0 Å². The van der Waals surface area contributed by atoms with Crippen LogP contribution in [0.25, 0.3) is 17.1 Å². The SMILES string of the molecule is C=CCN(CC=C)C(=O)CSc1nnc(-c2ccccc2)n1-c1ccc(F)cc1. The molecule has 0 unspecified atom stereocenters. The van der Waals surface area contributed by atoms with Crippen LogP contribution in [0.15, 0.2) is 85.1 Å². The van der Waals surface area contributed by atoms with E-state index in [1.165, 1.54) is 23.9 Å². The zero-order valence-electron chi connectivity index (χ0n) is 15.9. The summed E-state index contributed by atoms with van der Waals surface area (Å²) in [4.78, 5) is 14.2. The van der Waals surface area contributed by atoms with Gasteiger partial charge < -0.3 is 4.90 Å². The second-order valence-electron chi connectivity index (χ2n) is 6.15. The van der Waals surface area contributed by atoms with Gasteiger partial charge in [0.25, 0.3) is 0 Å². The lowest BCUT2D eigenvalue weighted by Crippen LogP contribution is -2.32. The number of benzene rings is 2. The maximum absolute atomic E-state index is 13.4. The van der Waals surface area contributed by atoms with Gasteiger partial charge in [-0.15, -0.1) is 23.4 Å². The lowest BCUT2D eigenvalue weighted by molar-refractivity contribution is -0.127. The Morgan fingerprint density at radius 3 is 2.31 bits per heavy atom. The smallest absolute Gasteiger partial charge is 0.233 e. The first-order chi connectivity index (χ1) is 14.1. The number of amides is 1. The first kappa shape index (κ1) is 20.5. The van der Waals surface area contributed by atoms with E-state index in [1.807, 2.05) is 34.9 Å². The second-order valence-corrected chi connectivity index (χ2v) is 7.09. The van der Waals surface area contributed by atoms with Crippen LogP contribution >= 0.6 is 11.8 Å². The van der Waals surface area contributed by atoms with E-state index in [4.69, 9.17) is 0 Å². The maximum Gasteiger partial charge on any atom is 0.233 e. The summed E-state index contributed by atoms with van der Waals surface area (Å²) >= 11 is 1.29. The van der Waals surface area contributed by atoms with Gasteiger partial charge in [-0.05, 0) is 24.3 Å². The summed E-state index contributed by atoms with van der Waals surface area (Å²) in [7, 11) is 0. The van der Waals surface area contributed by atoms with Gasteiger partial charge in [0.1, 0.15) is 5.82 Å². The molecule has 3 aromatic rings. The van der Waals surface area contributed by atoms with E-state index in [2.05, 4.69) is 23.4 Å². The number of thioether (sulfide) groups is 1. The molecule has 0 bridgehead atoms. The standard InChI is InChI=1S/C22H21FN4OS/c1-3-14-26(15-4-2)20(28)16-29-22-25-24-21(17-8-6-5-7-9-17)27(22)19-12-10-18(23)11-13-19/h3-13H,1-2,14-16H2. The molecule has 29 heavy (non-hydrogen) atoms. The van der Waals surface area contributed by atoms with Crippen molar-refractivity contribution in [3.05, 3.63) is 85.7 Å². The van der Waals surface area contributed by atoms with E-state index in [1.54, 1.807) is 29.2 Å². The van der Waals surface area contributed by atoms with Gasteiger partial charge in [0.2, 0.25) is 5.91 Å². The number of carbonyl (C=O) groups is 1. The normalized spacial score (nSPS) is 10.5. The third kappa shape index (κ3) is 5.00. The van der Waals surface area contributed by atoms with E-state index >= 15 is 0 Å². The Balaban J connectivity index is 1.91. The molecule has 3 rings (SSSR count). The largest absolute Gasteiger partial charge is 0.335 e. The number of nitrogens with zero attached hydrogens (tertiary/aromatic N) is 4. The first-order valence-corrected chi connectivity index (χ1v) is 10.0. The molecule has 0 aliphatic heterocycles. The molecule has 148 valence electrons. The topological polar surface area (TPSA) is 51.0 Å². The van der Waals surface area contributed by atoms with Gasteiger partial charge >= 0.3 is 0 Å². The van der Waals surface area contributed by atoms with Crippen LogP contribution in [-0.2, 0) is 4.79 Å². The van der Waals surface area contributed by atoms with Gasteiger partial charge in [-0.25, -0.2) is 4.39 Å².